The summed E-state index contributed by atoms with van der Waals surface area (Å²) in [5.74, 6) is 0.0252. The molecule has 2 heterocycles. The minimum atomic E-state index is -0.541. The molecule has 0 aliphatic heterocycles. The van der Waals surface area contributed by atoms with Crippen molar-refractivity contribution in [2.24, 2.45) is 0 Å². The summed E-state index contributed by atoms with van der Waals surface area (Å²) in [6, 6.07) is 19.4. The number of aromatic nitrogens is 5. The first-order chi connectivity index (χ1) is 13.2. The van der Waals surface area contributed by atoms with E-state index in [9.17, 15) is 5.26 Å². The third-order valence-electron chi connectivity index (χ3n) is 4.31. The van der Waals surface area contributed by atoms with Crippen molar-refractivity contribution in [2.75, 3.05) is 0 Å². The molecule has 0 bridgehead atoms. The maximum absolute atomic E-state index is 9.78. The van der Waals surface area contributed by atoms with Gasteiger partial charge in [-0.2, -0.15) is 5.26 Å². The Morgan fingerprint density at radius 2 is 1.81 bits per heavy atom. The van der Waals surface area contributed by atoms with Crippen LogP contribution in [-0.2, 0) is 6.54 Å². The SMILES string of the molecule is Cc1nc([C@@H](C#N)c2ccccc2)c2nnn(Cc3ccccc3Cl)c2n1. The number of hydrogen-bond donors (Lipinski definition) is 0. The Balaban J connectivity index is 1.83. The summed E-state index contributed by atoms with van der Waals surface area (Å²) in [6.07, 6.45) is 0. The summed E-state index contributed by atoms with van der Waals surface area (Å²) >= 11 is 6.27. The molecular weight excluding hydrogens is 360 g/mol. The van der Waals surface area contributed by atoms with Crippen LogP contribution in [-0.4, -0.2) is 25.0 Å². The van der Waals surface area contributed by atoms with Gasteiger partial charge in [0, 0.05) is 5.02 Å². The van der Waals surface area contributed by atoms with E-state index in [1.54, 1.807) is 11.6 Å². The second-order valence-corrected chi connectivity index (χ2v) is 6.55. The Labute approximate surface area is 161 Å². The summed E-state index contributed by atoms with van der Waals surface area (Å²) in [7, 11) is 0. The van der Waals surface area contributed by atoms with Crippen LogP contribution in [0.3, 0.4) is 0 Å². The van der Waals surface area contributed by atoms with Crippen molar-refractivity contribution in [3.8, 4) is 6.07 Å². The monoisotopic (exact) mass is 374 g/mol. The summed E-state index contributed by atoms with van der Waals surface area (Å²) in [4.78, 5) is 9.02. The Bertz CT molecular complexity index is 1150. The minimum absolute atomic E-state index is 0.439. The normalized spacial score (nSPS) is 12.0. The molecule has 4 rings (SSSR count). The summed E-state index contributed by atoms with van der Waals surface area (Å²) in [5, 5.41) is 19.0. The van der Waals surface area contributed by atoms with E-state index >= 15 is 0 Å². The van der Waals surface area contributed by atoms with Gasteiger partial charge in [0.15, 0.2) is 11.2 Å². The topological polar surface area (TPSA) is 80.3 Å². The van der Waals surface area contributed by atoms with Crippen LogP contribution >= 0.6 is 11.6 Å². The van der Waals surface area contributed by atoms with Gasteiger partial charge in [0.2, 0.25) is 0 Å². The van der Waals surface area contributed by atoms with E-state index in [0.29, 0.717) is 34.2 Å². The van der Waals surface area contributed by atoms with E-state index in [2.05, 4.69) is 26.3 Å². The third-order valence-corrected chi connectivity index (χ3v) is 4.68. The minimum Gasteiger partial charge on any atom is -0.234 e. The molecule has 7 heteroatoms. The number of nitriles is 1. The van der Waals surface area contributed by atoms with Crippen molar-refractivity contribution in [1.82, 2.24) is 25.0 Å². The van der Waals surface area contributed by atoms with E-state index in [1.165, 1.54) is 0 Å². The van der Waals surface area contributed by atoms with Crippen LogP contribution in [0.15, 0.2) is 54.6 Å². The highest BCUT2D eigenvalue weighted by Gasteiger charge is 2.22. The Hall–Kier alpha value is -3.30. The van der Waals surface area contributed by atoms with E-state index in [-0.39, 0.29) is 0 Å². The second-order valence-electron chi connectivity index (χ2n) is 6.14. The molecule has 2 aromatic heterocycles. The quantitative estimate of drug-likeness (QED) is 0.541. The Kier molecular flexibility index (Phi) is 4.53. The molecule has 132 valence electrons. The lowest BCUT2D eigenvalue weighted by Crippen LogP contribution is -2.07. The summed E-state index contributed by atoms with van der Waals surface area (Å²) in [6.45, 7) is 2.24. The van der Waals surface area contributed by atoms with Crippen LogP contribution in [0.4, 0.5) is 0 Å². The van der Waals surface area contributed by atoms with Crippen LogP contribution in [0, 0.1) is 18.3 Å². The molecule has 0 saturated carbocycles. The number of hydrogen-bond acceptors (Lipinski definition) is 5. The molecule has 2 aromatic carbocycles. The van der Waals surface area contributed by atoms with Gasteiger partial charge in [0.05, 0.1) is 18.3 Å². The smallest absolute Gasteiger partial charge is 0.182 e. The fraction of sp³-hybridized carbons (Fsp3) is 0.150. The van der Waals surface area contributed by atoms with Crippen molar-refractivity contribution in [3.63, 3.8) is 0 Å². The van der Waals surface area contributed by atoms with Crippen LogP contribution in [0.5, 0.6) is 0 Å². The molecule has 0 radical (unpaired) electrons. The molecule has 0 saturated heterocycles. The van der Waals surface area contributed by atoms with Gasteiger partial charge < -0.3 is 0 Å². The molecule has 1 atom stereocenters. The van der Waals surface area contributed by atoms with Crippen molar-refractivity contribution in [3.05, 3.63) is 82.3 Å². The maximum atomic E-state index is 9.78. The van der Waals surface area contributed by atoms with Crippen molar-refractivity contribution >= 4 is 22.8 Å². The molecular formula is C20H15ClN6. The molecule has 6 nitrogen and oxygen atoms in total. The number of rotatable bonds is 4. The highest BCUT2D eigenvalue weighted by molar-refractivity contribution is 6.31. The highest BCUT2D eigenvalue weighted by atomic mass is 35.5. The molecule has 4 aromatic rings. The van der Waals surface area contributed by atoms with Gasteiger partial charge in [-0.3, -0.25) is 0 Å². The number of benzene rings is 2. The molecule has 0 unspecified atom stereocenters. The summed E-state index contributed by atoms with van der Waals surface area (Å²) in [5.41, 5.74) is 3.47. The fourth-order valence-corrected chi connectivity index (χ4v) is 3.22. The van der Waals surface area contributed by atoms with Crippen LogP contribution in [0.1, 0.15) is 28.6 Å². The molecule has 0 aliphatic carbocycles. The molecule has 27 heavy (non-hydrogen) atoms. The lowest BCUT2D eigenvalue weighted by molar-refractivity contribution is 0.663. The molecule has 0 amide bonds. The van der Waals surface area contributed by atoms with Gasteiger partial charge >= 0.3 is 0 Å². The zero-order valence-electron chi connectivity index (χ0n) is 14.5. The number of aryl methyl sites for hydroxylation is 1. The average Bonchev–Trinajstić information content (AvgIpc) is 3.08. The largest absolute Gasteiger partial charge is 0.234 e. The van der Waals surface area contributed by atoms with Gasteiger partial charge in [-0.1, -0.05) is 65.3 Å². The van der Waals surface area contributed by atoms with Crippen LogP contribution in [0.2, 0.25) is 5.02 Å². The summed E-state index contributed by atoms with van der Waals surface area (Å²) < 4.78 is 1.69. The standard InChI is InChI=1S/C20H15ClN6/c1-13-23-18(16(11-22)14-7-3-2-4-8-14)19-20(24-13)27(26-25-19)12-15-9-5-6-10-17(15)21/h2-10,16H,12H2,1H3/t16-/m0/s1. The maximum Gasteiger partial charge on any atom is 0.182 e. The zero-order chi connectivity index (χ0) is 18.8. The fourth-order valence-electron chi connectivity index (χ4n) is 3.02. The van der Waals surface area contributed by atoms with Crippen molar-refractivity contribution in [2.45, 2.75) is 19.4 Å². The number of halogens is 1. The predicted molar refractivity (Wildman–Crippen MR) is 102 cm³/mol. The zero-order valence-corrected chi connectivity index (χ0v) is 15.3. The van der Waals surface area contributed by atoms with Gasteiger partial charge in [-0.25, -0.2) is 14.6 Å². The lowest BCUT2D eigenvalue weighted by atomic mass is 9.96. The Morgan fingerprint density at radius 1 is 1.07 bits per heavy atom. The number of fused-ring (bicyclic) bond motifs is 1. The number of nitrogens with zero attached hydrogens (tertiary/aromatic N) is 6. The average molecular weight is 375 g/mol. The molecule has 0 fully saturated rings. The van der Waals surface area contributed by atoms with Gasteiger partial charge in [0.25, 0.3) is 0 Å². The highest BCUT2D eigenvalue weighted by Crippen LogP contribution is 2.27. The van der Waals surface area contributed by atoms with Crippen LogP contribution in [0.25, 0.3) is 11.2 Å². The van der Waals surface area contributed by atoms with E-state index < -0.39 is 5.92 Å². The van der Waals surface area contributed by atoms with Gasteiger partial charge in [-0.05, 0) is 24.1 Å². The Morgan fingerprint density at radius 3 is 2.56 bits per heavy atom. The molecule has 0 N–H and O–H groups in total. The second kappa shape index (κ2) is 7.14. The van der Waals surface area contributed by atoms with Gasteiger partial charge in [0.1, 0.15) is 11.7 Å². The third kappa shape index (κ3) is 3.25. The van der Waals surface area contributed by atoms with Gasteiger partial charge in [-0.15, -0.1) is 5.10 Å². The first-order valence-electron chi connectivity index (χ1n) is 8.43. The van der Waals surface area contributed by atoms with Crippen molar-refractivity contribution in [1.29, 1.82) is 5.26 Å². The lowest BCUT2D eigenvalue weighted by Gasteiger charge is -2.10. The van der Waals surface area contributed by atoms with E-state index in [0.717, 1.165) is 11.1 Å². The predicted octanol–water partition coefficient (Wildman–Crippen LogP) is 3.89. The van der Waals surface area contributed by atoms with Crippen LogP contribution < -0.4 is 0 Å². The first-order valence-corrected chi connectivity index (χ1v) is 8.81. The van der Waals surface area contributed by atoms with E-state index in [1.807, 2.05) is 54.6 Å². The first kappa shape index (κ1) is 17.1. The van der Waals surface area contributed by atoms with E-state index in [4.69, 9.17) is 11.6 Å². The van der Waals surface area contributed by atoms with Crippen molar-refractivity contribution < 1.29 is 0 Å². The molecule has 0 spiro atoms. The molecule has 0 aliphatic rings.